The largest absolute Gasteiger partial charge is 0.322 e. The van der Waals surface area contributed by atoms with Crippen LogP contribution in [0.5, 0.6) is 0 Å². The first-order chi connectivity index (χ1) is 11.5. The normalized spacial score (nSPS) is 9.92. The maximum absolute atomic E-state index is 12.2. The molecule has 2 aromatic rings. The first-order valence-corrected chi connectivity index (χ1v) is 7.57. The smallest absolute Gasteiger partial charge is 0.269 e. The fraction of sp³-hybridized carbons (Fsp3) is 0.167. The van der Waals surface area contributed by atoms with Gasteiger partial charge in [0.2, 0.25) is 5.91 Å². The van der Waals surface area contributed by atoms with Crippen molar-refractivity contribution in [2.24, 2.45) is 0 Å². The molecular formula is C18H19N3O3. The molecular weight excluding hydrogens is 306 g/mol. The molecule has 0 saturated heterocycles. The van der Waals surface area contributed by atoms with Crippen LogP contribution >= 0.6 is 0 Å². The quantitative estimate of drug-likeness (QED) is 0.754. The SMILES string of the molecule is CCC(=O)NNC(=O)c1ccc(NC(=O)c2ccccc2C)cc1. The van der Waals surface area contributed by atoms with E-state index in [0.717, 1.165) is 5.56 Å². The zero-order valence-electron chi connectivity index (χ0n) is 13.6. The highest BCUT2D eigenvalue weighted by Crippen LogP contribution is 2.13. The summed E-state index contributed by atoms with van der Waals surface area (Å²) in [5.74, 6) is -0.903. The van der Waals surface area contributed by atoms with Crippen LogP contribution in [0.1, 0.15) is 39.6 Å². The number of hydrogen-bond acceptors (Lipinski definition) is 3. The van der Waals surface area contributed by atoms with Crippen LogP contribution in [0.25, 0.3) is 0 Å². The van der Waals surface area contributed by atoms with Gasteiger partial charge in [-0.15, -0.1) is 0 Å². The van der Waals surface area contributed by atoms with Gasteiger partial charge >= 0.3 is 0 Å². The van der Waals surface area contributed by atoms with Gasteiger partial charge in [-0.1, -0.05) is 25.1 Å². The number of nitrogens with one attached hydrogen (secondary N) is 3. The van der Waals surface area contributed by atoms with Crippen LogP contribution in [0.15, 0.2) is 48.5 Å². The maximum Gasteiger partial charge on any atom is 0.269 e. The average molecular weight is 325 g/mol. The number of anilines is 1. The predicted molar refractivity (Wildman–Crippen MR) is 91.5 cm³/mol. The Balaban J connectivity index is 1.99. The molecule has 0 fully saturated rings. The summed E-state index contributed by atoms with van der Waals surface area (Å²) in [6, 6.07) is 13.7. The fourth-order valence-corrected chi connectivity index (χ4v) is 2.02. The van der Waals surface area contributed by atoms with E-state index in [1.165, 1.54) is 0 Å². The second kappa shape index (κ2) is 7.92. The molecule has 3 N–H and O–H groups in total. The Labute approximate surface area is 140 Å². The van der Waals surface area contributed by atoms with Gasteiger partial charge in [0.05, 0.1) is 0 Å². The van der Waals surface area contributed by atoms with Crippen LogP contribution in [0.3, 0.4) is 0 Å². The van der Waals surface area contributed by atoms with E-state index >= 15 is 0 Å². The molecule has 124 valence electrons. The Morgan fingerprint density at radius 3 is 2.17 bits per heavy atom. The lowest BCUT2D eigenvalue weighted by atomic mass is 10.1. The summed E-state index contributed by atoms with van der Waals surface area (Å²) in [7, 11) is 0. The van der Waals surface area contributed by atoms with Crippen molar-refractivity contribution in [1.29, 1.82) is 0 Å². The molecule has 0 spiro atoms. The lowest BCUT2D eigenvalue weighted by molar-refractivity contribution is -0.121. The van der Waals surface area contributed by atoms with Gasteiger partial charge in [0.1, 0.15) is 0 Å². The number of carbonyl (C=O) groups is 3. The number of rotatable bonds is 4. The minimum Gasteiger partial charge on any atom is -0.322 e. The van der Waals surface area contributed by atoms with E-state index < -0.39 is 5.91 Å². The lowest BCUT2D eigenvalue weighted by Gasteiger charge is -2.09. The van der Waals surface area contributed by atoms with E-state index in [4.69, 9.17) is 0 Å². The Bertz CT molecular complexity index is 754. The molecule has 3 amide bonds. The van der Waals surface area contributed by atoms with Gasteiger partial charge in [0.25, 0.3) is 11.8 Å². The van der Waals surface area contributed by atoms with E-state index in [9.17, 15) is 14.4 Å². The van der Waals surface area contributed by atoms with Gasteiger partial charge in [0.15, 0.2) is 0 Å². The van der Waals surface area contributed by atoms with E-state index in [1.807, 2.05) is 19.1 Å². The summed E-state index contributed by atoms with van der Waals surface area (Å²) in [5, 5.41) is 2.78. The van der Waals surface area contributed by atoms with Crippen molar-refractivity contribution in [3.63, 3.8) is 0 Å². The molecule has 0 unspecified atom stereocenters. The van der Waals surface area contributed by atoms with Gasteiger partial charge in [-0.2, -0.15) is 0 Å². The van der Waals surface area contributed by atoms with Crippen LogP contribution in [0, 0.1) is 6.92 Å². The van der Waals surface area contributed by atoms with Gasteiger partial charge in [0, 0.05) is 23.2 Å². The molecule has 2 rings (SSSR count). The summed E-state index contributed by atoms with van der Waals surface area (Å²) in [5.41, 5.74) is 7.06. The highest BCUT2D eigenvalue weighted by atomic mass is 16.2. The Morgan fingerprint density at radius 2 is 1.54 bits per heavy atom. The molecule has 0 aliphatic rings. The predicted octanol–water partition coefficient (Wildman–Crippen LogP) is 2.42. The third-order valence-electron chi connectivity index (χ3n) is 3.43. The van der Waals surface area contributed by atoms with Crippen molar-refractivity contribution < 1.29 is 14.4 Å². The molecule has 0 atom stereocenters. The zero-order chi connectivity index (χ0) is 17.5. The number of hydrogen-bond donors (Lipinski definition) is 3. The summed E-state index contributed by atoms with van der Waals surface area (Å²) in [6.07, 6.45) is 0.282. The highest BCUT2D eigenvalue weighted by Gasteiger charge is 2.10. The summed E-state index contributed by atoms with van der Waals surface area (Å²) in [4.78, 5) is 35.2. The van der Waals surface area contributed by atoms with Gasteiger partial charge in [-0.05, 0) is 42.8 Å². The Hall–Kier alpha value is -3.15. The molecule has 0 radical (unpaired) electrons. The Kier molecular flexibility index (Phi) is 5.68. The number of amides is 3. The second-order valence-corrected chi connectivity index (χ2v) is 5.20. The van der Waals surface area contributed by atoms with E-state index in [0.29, 0.717) is 16.8 Å². The van der Waals surface area contributed by atoms with Crippen LogP contribution in [-0.2, 0) is 4.79 Å². The highest BCUT2D eigenvalue weighted by molar-refractivity contribution is 6.05. The minimum absolute atomic E-state index is 0.208. The summed E-state index contributed by atoms with van der Waals surface area (Å²) < 4.78 is 0. The van der Waals surface area contributed by atoms with Crippen molar-refractivity contribution in [2.75, 3.05) is 5.32 Å². The van der Waals surface area contributed by atoms with Crippen molar-refractivity contribution in [1.82, 2.24) is 10.9 Å². The van der Waals surface area contributed by atoms with Gasteiger partial charge in [-0.25, -0.2) is 0 Å². The monoisotopic (exact) mass is 325 g/mol. The van der Waals surface area contributed by atoms with Crippen molar-refractivity contribution >= 4 is 23.4 Å². The molecule has 24 heavy (non-hydrogen) atoms. The molecule has 0 bridgehead atoms. The van der Waals surface area contributed by atoms with Crippen LogP contribution in [-0.4, -0.2) is 17.7 Å². The molecule has 0 aliphatic heterocycles. The zero-order valence-corrected chi connectivity index (χ0v) is 13.6. The van der Waals surface area contributed by atoms with Crippen LogP contribution < -0.4 is 16.2 Å². The van der Waals surface area contributed by atoms with E-state index in [2.05, 4.69) is 16.2 Å². The summed E-state index contributed by atoms with van der Waals surface area (Å²) >= 11 is 0. The Morgan fingerprint density at radius 1 is 0.875 bits per heavy atom. The topological polar surface area (TPSA) is 87.3 Å². The maximum atomic E-state index is 12.2. The molecule has 0 aromatic heterocycles. The third kappa shape index (κ3) is 4.42. The van der Waals surface area contributed by atoms with E-state index in [1.54, 1.807) is 43.3 Å². The first kappa shape index (κ1) is 17.2. The van der Waals surface area contributed by atoms with E-state index in [-0.39, 0.29) is 18.2 Å². The second-order valence-electron chi connectivity index (χ2n) is 5.20. The standard InChI is InChI=1S/C18H19N3O3/c1-3-16(22)20-21-17(23)13-8-10-14(11-9-13)19-18(24)15-7-5-4-6-12(15)2/h4-11H,3H2,1-2H3,(H,19,24)(H,20,22)(H,21,23). The molecule has 2 aromatic carbocycles. The van der Waals surface area contributed by atoms with Gasteiger partial charge < -0.3 is 5.32 Å². The number of benzene rings is 2. The van der Waals surface area contributed by atoms with Crippen LogP contribution in [0.2, 0.25) is 0 Å². The van der Waals surface area contributed by atoms with Crippen LogP contribution in [0.4, 0.5) is 5.69 Å². The number of hydrazine groups is 1. The third-order valence-corrected chi connectivity index (χ3v) is 3.43. The molecule has 6 heteroatoms. The first-order valence-electron chi connectivity index (χ1n) is 7.57. The van der Waals surface area contributed by atoms with Gasteiger partial charge in [-0.3, -0.25) is 25.2 Å². The molecule has 0 heterocycles. The summed E-state index contributed by atoms with van der Waals surface area (Å²) in [6.45, 7) is 3.56. The van der Waals surface area contributed by atoms with Crippen molar-refractivity contribution in [2.45, 2.75) is 20.3 Å². The minimum atomic E-state index is -0.423. The fourth-order valence-electron chi connectivity index (χ4n) is 2.02. The molecule has 0 aliphatic carbocycles. The molecule has 0 saturated carbocycles. The lowest BCUT2D eigenvalue weighted by Crippen LogP contribution is -2.41. The number of aryl methyl sites for hydroxylation is 1. The van der Waals surface area contributed by atoms with Crippen molar-refractivity contribution in [3.05, 3.63) is 65.2 Å². The average Bonchev–Trinajstić information content (AvgIpc) is 2.60. The number of carbonyl (C=O) groups excluding carboxylic acids is 3. The molecule has 6 nitrogen and oxygen atoms in total. The van der Waals surface area contributed by atoms with Crippen molar-refractivity contribution in [3.8, 4) is 0 Å².